The van der Waals surface area contributed by atoms with Crippen molar-refractivity contribution >= 4 is 10.0 Å². The molecule has 0 aromatic rings. The van der Waals surface area contributed by atoms with E-state index in [0.29, 0.717) is 6.54 Å². The second-order valence-electron chi connectivity index (χ2n) is 2.00. The first-order chi connectivity index (χ1) is 4.62. The summed E-state index contributed by atoms with van der Waals surface area (Å²) in [7, 11) is -2.97. The van der Waals surface area contributed by atoms with Gasteiger partial charge in [0.05, 0.1) is 5.75 Å². The van der Waals surface area contributed by atoms with E-state index in [0.717, 1.165) is 12.8 Å². The van der Waals surface area contributed by atoms with Gasteiger partial charge < -0.3 is 0 Å². The molecule has 0 fully saturated rings. The van der Waals surface area contributed by atoms with Gasteiger partial charge in [0.15, 0.2) is 0 Å². The topological polar surface area (TPSA) is 46.2 Å². The van der Waals surface area contributed by atoms with Crippen molar-refractivity contribution in [2.75, 3.05) is 12.3 Å². The Morgan fingerprint density at radius 3 is 2.50 bits per heavy atom. The van der Waals surface area contributed by atoms with Crippen molar-refractivity contribution < 1.29 is 8.42 Å². The van der Waals surface area contributed by atoms with Crippen LogP contribution >= 0.6 is 0 Å². The largest absolute Gasteiger partial charge is 0.215 e. The first-order valence-corrected chi connectivity index (χ1v) is 5.04. The molecule has 61 valence electrons. The normalized spacial score (nSPS) is 11.8. The molecule has 0 amide bonds. The molecule has 0 saturated carbocycles. The van der Waals surface area contributed by atoms with Crippen molar-refractivity contribution in [2.24, 2.45) is 0 Å². The Morgan fingerprint density at radius 1 is 1.50 bits per heavy atom. The fourth-order valence-electron chi connectivity index (χ4n) is 0.455. The van der Waals surface area contributed by atoms with Crippen molar-refractivity contribution in [2.45, 2.75) is 19.8 Å². The van der Waals surface area contributed by atoms with Crippen LogP contribution < -0.4 is 4.72 Å². The highest BCUT2D eigenvalue weighted by molar-refractivity contribution is 7.89. The molecule has 0 spiro atoms. The standard InChI is InChI=1S/C6H14NO2S/c1-3-5-6-7-10(8,9)4-2/h7H,1,3-6H2,2H3. The van der Waals surface area contributed by atoms with Crippen molar-refractivity contribution in [3.05, 3.63) is 6.92 Å². The zero-order valence-corrected chi connectivity index (χ0v) is 7.08. The number of unbranched alkanes of at least 4 members (excludes halogenated alkanes) is 1. The molecule has 0 aromatic heterocycles. The van der Waals surface area contributed by atoms with Crippen LogP contribution in [0.2, 0.25) is 0 Å². The van der Waals surface area contributed by atoms with Gasteiger partial charge in [-0.25, -0.2) is 13.1 Å². The van der Waals surface area contributed by atoms with Gasteiger partial charge in [-0.15, -0.1) is 0 Å². The number of rotatable bonds is 5. The molecule has 0 saturated heterocycles. The van der Waals surface area contributed by atoms with E-state index in [1.165, 1.54) is 0 Å². The van der Waals surface area contributed by atoms with E-state index in [1.807, 2.05) is 0 Å². The monoisotopic (exact) mass is 164 g/mol. The molecule has 4 heteroatoms. The quantitative estimate of drug-likeness (QED) is 0.603. The molecule has 0 bridgehead atoms. The van der Waals surface area contributed by atoms with Crippen LogP contribution in [-0.4, -0.2) is 20.7 Å². The lowest BCUT2D eigenvalue weighted by Crippen LogP contribution is -2.26. The molecule has 10 heavy (non-hydrogen) atoms. The van der Waals surface area contributed by atoms with Crippen LogP contribution in [0.25, 0.3) is 0 Å². The van der Waals surface area contributed by atoms with Crippen LogP contribution in [0.5, 0.6) is 0 Å². The molecule has 0 aliphatic heterocycles. The molecular formula is C6H14NO2S. The zero-order chi connectivity index (χ0) is 8.04. The van der Waals surface area contributed by atoms with Gasteiger partial charge in [0, 0.05) is 6.54 Å². The Hall–Kier alpha value is -0.0900. The van der Waals surface area contributed by atoms with Gasteiger partial charge in [0.25, 0.3) is 0 Å². The molecule has 0 heterocycles. The summed E-state index contributed by atoms with van der Waals surface area (Å²) >= 11 is 0. The third-order valence-corrected chi connectivity index (χ3v) is 2.53. The fourth-order valence-corrected chi connectivity index (χ4v) is 1.11. The van der Waals surface area contributed by atoms with Gasteiger partial charge in [-0.05, 0) is 13.3 Å². The van der Waals surface area contributed by atoms with Crippen molar-refractivity contribution in [3.8, 4) is 0 Å². The summed E-state index contributed by atoms with van der Waals surface area (Å²) in [6.07, 6.45) is 1.57. The van der Waals surface area contributed by atoms with Crippen LogP contribution in [0.4, 0.5) is 0 Å². The van der Waals surface area contributed by atoms with Crippen LogP contribution in [-0.2, 0) is 10.0 Å². The van der Waals surface area contributed by atoms with E-state index in [4.69, 9.17) is 0 Å². The predicted molar refractivity (Wildman–Crippen MR) is 42.1 cm³/mol. The van der Waals surface area contributed by atoms with E-state index >= 15 is 0 Å². The van der Waals surface area contributed by atoms with Gasteiger partial charge >= 0.3 is 0 Å². The van der Waals surface area contributed by atoms with Gasteiger partial charge in [-0.3, -0.25) is 0 Å². The van der Waals surface area contributed by atoms with Crippen molar-refractivity contribution in [1.82, 2.24) is 4.72 Å². The molecule has 0 aliphatic rings. The lowest BCUT2D eigenvalue weighted by atomic mass is 10.3. The lowest BCUT2D eigenvalue weighted by molar-refractivity contribution is 0.580. The summed E-state index contributed by atoms with van der Waals surface area (Å²) in [6, 6.07) is 0. The fraction of sp³-hybridized carbons (Fsp3) is 0.833. The van der Waals surface area contributed by atoms with E-state index in [2.05, 4.69) is 11.6 Å². The summed E-state index contributed by atoms with van der Waals surface area (Å²) in [5.74, 6) is 0.157. The molecule has 1 N–H and O–H groups in total. The third kappa shape index (κ3) is 4.76. The first kappa shape index (κ1) is 9.91. The molecule has 0 rings (SSSR count). The molecule has 1 radical (unpaired) electrons. The van der Waals surface area contributed by atoms with Crippen LogP contribution in [0, 0.1) is 6.92 Å². The highest BCUT2D eigenvalue weighted by atomic mass is 32.2. The minimum Gasteiger partial charge on any atom is -0.215 e. The summed E-state index contributed by atoms with van der Waals surface area (Å²) in [5, 5.41) is 0. The van der Waals surface area contributed by atoms with Gasteiger partial charge in [-0.2, -0.15) is 0 Å². The Bertz CT molecular complexity index is 163. The van der Waals surface area contributed by atoms with Crippen LogP contribution in [0.3, 0.4) is 0 Å². The number of hydrogen-bond acceptors (Lipinski definition) is 2. The summed E-state index contributed by atoms with van der Waals surface area (Å²) in [6.45, 7) is 5.73. The van der Waals surface area contributed by atoms with Gasteiger partial charge in [-0.1, -0.05) is 13.3 Å². The molecule has 0 unspecified atom stereocenters. The zero-order valence-electron chi connectivity index (χ0n) is 6.26. The lowest BCUT2D eigenvalue weighted by Gasteiger charge is -2.01. The summed E-state index contributed by atoms with van der Waals surface area (Å²) in [4.78, 5) is 0. The van der Waals surface area contributed by atoms with E-state index in [9.17, 15) is 8.42 Å². The molecule has 3 nitrogen and oxygen atoms in total. The maximum Gasteiger partial charge on any atom is 0.211 e. The first-order valence-electron chi connectivity index (χ1n) is 3.39. The smallest absolute Gasteiger partial charge is 0.211 e. The number of sulfonamides is 1. The molecule has 0 atom stereocenters. The summed E-state index contributed by atoms with van der Waals surface area (Å²) in [5.41, 5.74) is 0. The molecular weight excluding hydrogens is 150 g/mol. The highest BCUT2D eigenvalue weighted by Gasteiger charge is 2.02. The summed E-state index contributed by atoms with van der Waals surface area (Å²) < 4.78 is 23.9. The molecule has 0 aromatic carbocycles. The Kier molecular flexibility index (Phi) is 4.64. The molecule has 0 aliphatic carbocycles. The van der Waals surface area contributed by atoms with E-state index < -0.39 is 10.0 Å². The van der Waals surface area contributed by atoms with Crippen molar-refractivity contribution in [1.29, 1.82) is 0 Å². The SMILES string of the molecule is [CH2]CCCNS(=O)(=O)CC. The van der Waals surface area contributed by atoms with Gasteiger partial charge in [0.1, 0.15) is 0 Å². The average molecular weight is 164 g/mol. The van der Waals surface area contributed by atoms with Gasteiger partial charge in [0.2, 0.25) is 10.0 Å². The van der Waals surface area contributed by atoms with Crippen LogP contribution in [0.1, 0.15) is 19.8 Å². The maximum atomic E-state index is 10.7. The Balaban J connectivity index is 3.49. The van der Waals surface area contributed by atoms with E-state index in [1.54, 1.807) is 6.92 Å². The van der Waals surface area contributed by atoms with Crippen molar-refractivity contribution in [3.63, 3.8) is 0 Å². The minimum atomic E-state index is -2.97. The average Bonchev–Trinajstić information content (AvgIpc) is 1.89. The highest BCUT2D eigenvalue weighted by Crippen LogP contribution is 1.86. The number of nitrogens with one attached hydrogen (secondary N) is 1. The Labute approximate surface area is 62.9 Å². The van der Waals surface area contributed by atoms with Crippen LogP contribution in [0.15, 0.2) is 0 Å². The van der Waals surface area contributed by atoms with E-state index in [-0.39, 0.29) is 5.75 Å². The Morgan fingerprint density at radius 2 is 2.10 bits per heavy atom. The second-order valence-corrected chi connectivity index (χ2v) is 4.10. The third-order valence-electron chi connectivity index (χ3n) is 1.13. The number of hydrogen-bond donors (Lipinski definition) is 1. The predicted octanol–water partition coefficient (Wildman–Crippen LogP) is 0.540. The second kappa shape index (κ2) is 4.68. The maximum absolute atomic E-state index is 10.7. The minimum absolute atomic E-state index is 0.157.